The van der Waals surface area contributed by atoms with Gasteiger partial charge in [0.05, 0.1) is 25.4 Å². The van der Waals surface area contributed by atoms with Crippen LogP contribution in [-0.4, -0.2) is 67.3 Å². The SMILES string of the molecule is COCC1CCCN1CC1CC(c2ccc(CO)cc2)OC(c2cccc(NC(=O)CCCCCNC(C)=O)c2)O1. The number of benzene rings is 2. The molecule has 0 aromatic heterocycles. The van der Waals surface area contributed by atoms with Crippen LogP contribution in [0.25, 0.3) is 0 Å². The minimum absolute atomic E-state index is 0.00555. The van der Waals surface area contributed by atoms with Crippen molar-refractivity contribution in [2.45, 2.75) is 83.0 Å². The summed E-state index contributed by atoms with van der Waals surface area (Å²) in [6, 6.07) is 16.0. The number of hydrogen-bond acceptors (Lipinski definition) is 7. The highest BCUT2D eigenvalue weighted by Crippen LogP contribution is 2.39. The molecule has 9 heteroatoms. The number of anilines is 1. The minimum atomic E-state index is -0.578. The van der Waals surface area contributed by atoms with Crippen LogP contribution in [0.4, 0.5) is 5.69 Å². The number of methoxy groups -OCH3 is 1. The van der Waals surface area contributed by atoms with E-state index in [1.807, 2.05) is 48.5 Å². The van der Waals surface area contributed by atoms with Gasteiger partial charge in [-0.1, -0.05) is 42.8 Å². The van der Waals surface area contributed by atoms with Crippen LogP contribution >= 0.6 is 0 Å². The lowest BCUT2D eigenvalue weighted by Crippen LogP contribution is -2.42. The Hall–Kier alpha value is -2.82. The number of carbonyl (C=O) groups is 2. The van der Waals surface area contributed by atoms with Gasteiger partial charge in [0.15, 0.2) is 6.29 Å². The maximum atomic E-state index is 12.6. The number of rotatable bonds is 14. The van der Waals surface area contributed by atoms with Crippen LogP contribution in [-0.2, 0) is 30.4 Å². The predicted octanol–water partition coefficient (Wildman–Crippen LogP) is 4.47. The zero-order valence-electron chi connectivity index (χ0n) is 24.3. The molecule has 2 aromatic carbocycles. The molecular weight excluding hydrogens is 522 g/mol. The van der Waals surface area contributed by atoms with Crippen LogP contribution in [0.3, 0.4) is 0 Å². The number of aliphatic hydroxyl groups is 1. The Morgan fingerprint density at radius 3 is 2.66 bits per heavy atom. The maximum absolute atomic E-state index is 12.6. The summed E-state index contributed by atoms with van der Waals surface area (Å²) in [5.74, 6) is -0.0674. The molecule has 2 heterocycles. The molecule has 41 heavy (non-hydrogen) atoms. The van der Waals surface area contributed by atoms with Crippen LogP contribution in [0, 0.1) is 0 Å². The third kappa shape index (κ3) is 9.61. The molecular formula is C32H45N3O6. The third-order valence-electron chi connectivity index (χ3n) is 7.81. The first-order valence-corrected chi connectivity index (χ1v) is 14.8. The average Bonchev–Trinajstić information content (AvgIpc) is 3.41. The Bertz CT molecular complexity index is 1110. The summed E-state index contributed by atoms with van der Waals surface area (Å²) >= 11 is 0. The highest BCUT2D eigenvalue weighted by molar-refractivity contribution is 5.90. The van der Waals surface area contributed by atoms with Gasteiger partial charge in [0.2, 0.25) is 11.8 Å². The molecule has 2 amide bonds. The Morgan fingerprint density at radius 2 is 1.90 bits per heavy atom. The van der Waals surface area contributed by atoms with Gasteiger partial charge in [-0.2, -0.15) is 0 Å². The van der Waals surface area contributed by atoms with Gasteiger partial charge in [-0.05, 0) is 55.5 Å². The van der Waals surface area contributed by atoms with E-state index in [0.717, 1.165) is 74.9 Å². The fourth-order valence-electron chi connectivity index (χ4n) is 5.65. The van der Waals surface area contributed by atoms with E-state index in [2.05, 4.69) is 15.5 Å². The fourth-order valence-corrected chi connectivity index (χ4v) is 5.65. The highest BCUT2D eigenvalue weighted by Gasteiger charge is 2.35. The summed E-state index contributed by atoms with van der Waals surface area (Å²) in [5.41, 5.74) is 3.49. The van der Waals surface area contributed by atoms with Crippen LogP contribution in [0.1, 0.15) is 81.0 Å². The van der Waals surface area contributed by atoms with Crippen LogP contribution in [0.2, 0.25) is 0 Å². The summed E-state index contributed by atoms with van der Waals surface area (Å²) in [6.45, 7) is 4.70. The fraction of sp³-hybridized carbons (Fsp3) is 0.562. The van der Waals surface area contributed by atoms with E-state index < -0.39 is 6.29 Å². The number of carbonyl (C=O) groups excluding carboxylic acids is 2. The van der Waals surface area contributed by atoms with Crippen molar-refractivity contribution in [2.24, 2.45) is 0 Å². The van der Waals surface area contributed by atoms with Crippen molar-refractivity contribution >= 4 is 17.5 Å². The van der Waals surface area contributed by atoms with Gasteiger partial charge >= 0.3 is 0 Å². The quantitative estimate of drug-likeness (QED) is 0.289. The highest BCUT2D eigenvalue weighted by atomic mass is 16.7. The number of likely N-dealkylation sites (tertiary alicyclic amines) is 1. The van der Waals surface area contributed by atoms with Gasteiger partial charge in [-0.3, -0.25) is 14.5 Å². The van der Waals surface area contributed by atoms with Gasteiger partial charge in [0.1, 0.15) is 0 Å². The molecule has 224 valence electrons. The Morgan fingerprint density at radius 1 is 1.07 bits per heavy atom. The van der Waals surface area contributed by atoms with Crippen LogP contribution in [0.15, 0.2) is 48.5 Å². The second-order valence-electron chi connectivity index (χ2n) is 11.1. The normalized spacial score (nSPS) is 22.9. The van der Waals surface area contributed by atoms with Crippen molar-refractivity contribution in [3.63, 3.8) is 0 Å². The van der Waals surface area contributed by atoms with E-state index in [4.69, 9.17) is 14.2 Å². The van der Waals surface area contributed by atoms with E-state index in [9.17, 15) is 14.7 Å². The number of nitrogens with zero attached hydrogens (tertiary/aromatic N) is 1. The van der Waals surface area contributed by atoms with E-state index in [1.165, 1.54) is 6.92 Å². The molecule has 4 rings (SSSR count). The molecule has 2 aliphatic rings. The van der Waals surface area contributed by atoms with E-state index >= 15 is 0 Å². The molecule has 0 spiro atoms. The smallest absolute Gasteiger partial charge is 0.224 e. The Balaban J connectivity index is 1.41. The second-order valence-corrected chi connectivity index (χ2v) is 11.1. The average molecular weight is 568 g/mol. The second kappa shape index (κ2) is 16.0. The van der Waals surface area contributed by atoms with Gasteiger partial charge in [-0.25, -0.2) is 0 Å². The van der Waals surface area contributed by atoms with Crippen LogP contribution < -0.4 is 10.6 Å². The Labute approximate surface area is 243 Å². The maximum Gasteiger partial charge on any atom is 0.224 e. The zero-order chi connectivity index (χ0) is 29.0. The van der Waals surface area contributed by atoms with Gasteiger partial charge < -0.3 is 30.0 Å². The molecule has 9 nitrogen and oxygen atoms in total. The van der Waals surface area contributed by atoms with E-state index in [-0.39, 0.29) is 30.6 Å². The molecule has 2 saturated heterocycles. The van der Waals surface area contributed by atoms with E-state index in [0.29, 0.717) is 24.7 Å². The summed E-state index contributed by atoms with van der Waals surface area (Å²) in [5, 5.41) is 15.3. The molecule has 0 bridgehead atoms. The minimum Gasteiger partial charge on any atom is -0.392 e. The van der Waals surface area contributed by atoms with Gasteiger partial charge in [0.25, 0.3) is 0 Å². The summed E-state index contributed by atoms with van der Waals surface area (Å²) < 4.78 is 18.5. The molecule has 2 aliphatic heterocycles. The number of amides is 2. The first kappa shape index (κ1) is 31.1. The topological polar surface area (TPSA) is 109 Å². The lowest BCUT2D eigenvalue weighted by Gasteiger charge is -2.39. The first-order chi connectivity index (χ1) is 19.9. The molecule has 0 saturated carbocycles. The number of unbranched alkanes of at least 4 members (excludes halogenated alkanes) is 2. The number of nitrogens with one attached hydrogen (secondary N) is 2. The summed E-state index contributed by atoms with van der Waals surface area (Å²) in [4.78, 5) is 26.0. The van der Waals surface area contributed by atoms with Crippen molar-refractivity contribution in [3.8, 4) is 0 Å². The third-order valence-corrected chi connectivity index (χ3v) is 7.81. The van der Waals surface area contributed by atoms with Gasteiger partial charge in [-0.15, -0.1) is 0 Å². The number of ether oxygens (including phenoxy) is 3. The molecule has 0 aliphatic carbocycles. The van der Waals surface area contributed by atoms with Crippen molar-refractivity contribution in [3.05, 3.63) is 65.2 Å². The predicted molar refractivity (Wildman–Crippen MR) is 157 cm³/mol. The summed E-state index contributed by atoms with van der Waals surface area (Å²) in [7, 11) is 1.75. The lowest BCUT2D eigenvalue weighted by atomic mass is 9.99. The summed E-state index contributed by atoms with van der Waals surface area (Å²) in [6.07, 6.45) is 5.15. The number of hydrogen-bond donors (Lipinski definition) is 3. The van der Waals surface area contributed by atoms with E-state index in [1.54, 1.807) is 7.11 Å². The van der Waals surface area contributed by atoms with Crippen molar-refractivity contribution in [1.29, 1.82) is 0 Å². The molecule has 2 aromatic rings. The first-order valence-electron chi connectivity index (χ1n) is 14.8. The monoisotopic (exact) mass is 567 g/mol. The van der Waals surface area contributed by atoms with Crippen molar-refractivity contribution < 1.29 is 28.9 Å². The molecule has 4 unspecified atom stereocenters. The van der Waals surface area contributed by atoms with Crippen molar-refractivity contribution in [2.75, 3.05) is 38.7 Å². The lowest BCUT2D eigenvalue weighted by molar-refractivity contribution is -0.253. The molecule has 4 atom stereocenters. The molecule has 0 radical (unpaired) electrons. The standard InChI is InChI=1S/C32H45N3O6/c1-23(37)33-16-5-3-4-11-31(38)34-27-9-6-8-26(18-27)32-40-29(20-35-17-7-10-28(35)22-39-2)19-30(41-32)25-14-12-24(21-36)13-15-25/h6,8-9,12-15,18,28-30,32,36H,3-5,7,10-11,16-17,19-22H2,1-2H3,(H,33,37)(H,34,38). The Kier molecular flexibility index (Phi) is 12.1. The molecule has 3 N–H and O–H groups in total. The zero-order valence-corrected chi connectivity index (χ0v) is 24.3. The van der Waals surface area contributed by atoms with Crippen molar-refractivity contribution in [1.82, 2.24) is 10.2 Å². The van der Waals surface area contributed by atoms with Gasteiger partial charge in [0, 0.05) is 57.3 Å². The largest absolute Gasteiger partial charge is 0.392 e. The number of aliphatic hydroxyl groups excluding tert-OH is 1. The molecule has 2 fully saturated rings. The van der Waals surface area contributed by atoms with Crippen LogP contribution in [0.5, 0.6) is 0 Å².